The van der Waals surface area contributed by atoms with Crippen LogP contribution in [0.5, 0.6) is 5.75 Å². The highest BCUT2D eigenvalue weighted by atomic mass is 79.9. The Morgan fingerprint density at radius 3 is 2.33 bits per heavy atom. The highest BCUT2D eigenvalue weighted by molar-refractivity contribution is 9.10. The fraction of sp³-hybridized carbons (Fsp3) is 0.333. The SMILES string of the molecule is CN(C)COc1ccc(Br)cc1. The fourth-order valence-corrected chi connectivity index (χ4v) is 0.999. The van der Waals surface area contributed by atoms with Gasteiger partial charge in [-0.05, 0) is 38.4 Å². The van der Waals surface area contributed by atoms with Gasteiger partial charge in [0.1, 0.15) is 12.5 Å². The van der Waals surface area contributed by atoms with Gasteiger partial charge in [0.05, 0.1) is 0 Å². The molecule has 66 valence electrons. The van der Waals surface area contributed by atoms with Crippen molar-refractivity contribution < 1.29 is 4.74 Å². The molecule has 0 amide bonds. The normalized spacial score (nSPS) is 10.3. The zero-order valence-electron chi connectivity index (χ0n) is 7.25. The van der Waals surface area contributed by atoms with Crippen LogP contribution in [0.15, 0.2) is 28.7 Å². The van der Waals surface area contributed by atoms with Crippen molar-refractivity contribution in [2.24, 2.45) is 0 Å². The highest BCUT2D eigenvalue weighted by Crippen LogP contribution is 2.15. The Morgan fingerprint density at radius 1 is 1.25 bits per heavy atom. The highest BCUT2D eigenvalue weighted by Gasteiger charge is 1.93. The van der Waals surface area contributed by atoms with E-state index in [0.29, 0.717) is 6.73 Å². The van der Waals surface area contributed by atoms with Gasteiger partial charge < -0.3 is 4.74 Å². The van der Waals surface area contributed by atoms with E-state index in [4.69, 9.17) is 4.74 Å². The summed E-state index contributed by atoms with van der Waals surface area (Å²) in [6.07, 6.45) is 0. The third-order valence-corrected chi connectivity index (χ3v) is 1.83. The van der Waals surface area contributed by atoms with Gasteiger partial charge in [-0.3, -0.25) is 4.90 Å². The molecule has 0 spiro atoms. The van der Waals surface area contributed by atoms with Gasteiger partial charge in [0.2, 0.25) is 0 Å². The summed E-state index contributed by atoms with van der Waals surface area (Å²) in [5.74, 6) is 0.895. The van der Waals surface area contributed by atoms with Crippen LogP contribution in [-0.4, -0.2) is 25.7 Å². The van der Waals surface area contributed by atoms with E-state index >= 15 is 0 Å². The number of nitrogens with zero attached hydrogens (tertiary/aromatic N) is 1. The molecule has 0 aliphatic rings. The molecule has 12 heavy (non-hydrogen) atoms. The van der Waals surface area contributed by atoms with Gasteiger partial charge in [-0.25, -0.2) is 0 Å². The summed E-state index contributed by atoms with van der Waals surface area (Å²) in [7, 11) is 3.94. The molecular formula is C9H12BrNO. The van der Waals surface area contributed by atoms with E-state index in [1.54, 1.807) is 0 Å². The smallest absolute Gasteiger partial charge is 0.141 e. The zero-order valence-corrected chi connectivity index (χ0v) is 8.84. The Labute approximate surface area is 81.3 Å². The van der Waals surface area contributed by atoms with Crippen LogP contribution >= 0.6 is 15.9 Å². The monoisotopic (exact) mass is 229 g/mol. The standard InChI is InChI=1S/C9H12BrNO/c1-11(2)7-12-9-5-3-8(10)4-6-9/h3-6H,7H2,1-2H3. The average Bonchev–Trinajstić information content (AvgIpc) is 2.03. The number of benzene rings is 1. The van der Waals surface area contributed by atoms with Gasteiger partial charge in [0.15, 0.2) is 0 Å². The molecule has 1 aromatic carbocycles. The van der Waals surface area contributed by atoms with Crippen molar-refractivity contribution in [2.75, 3.05) is 20.8 Å². The predicted molar refractivity (Wildman–Crippen MR) is 53.3 cm³/mol. The lowest BCUT2D eigenvalue weighted by Crippen LogP contribution is -2.18. The quantitative estimate of drug-likeness (QED) is 0.739. The van der Waals surface area contributed by atoms with Gasteiger partial charge in [0, 0.05) is 4.47 Å². The average molecular weight is 230 g/mol. The van der Waals surface area contributed by atoms with Crippen molar-refractivity contribution in [2.45, 2.75) is 0 Å². The first kappa shape index (κ1) is 9.55. The first-order chi connectivity index (χ1) is 5.68. The molecule has 0 radical (unpaired) electrons. The third kappa shape index (κ3) is 3.24. The minimum Gasteiger partial charge on any atom is -0.478 e. The van der Waals surface area contributed by atoms with Gasteiger partial charge in [-0.2, -0.15) is 0 Å². The van der Waals surface area contributed by atoms with Crippen LogP contribution in [0.4, 0.5) is 0 Å². The maximum atomic E-state index is 5.43. The van der Waals surface area contributed by atoms with Crippen LogP contribution in [0.1, 0.15) is 0 Å². The third-order valence-electron chi connectivity index (χ3n) is 1.30. The minimum atomic E-state index is 0.613. The number of ether oxygens (including phenoxy) is 1. The van der Waals surface area contributed by atoms with Crippen LogP contribution in [-0.2, 0) is 0 Å². The second-order valence-electron chi connectivity index (χ2n) is 2.81. The number of hydrogen-bond acceptors (Lipinski definition) is 2. The van der Waals surface area contributed by atoms with Crippen molar-refractivity contribution in [3.05, 3.63) is 28.7 Å². The lowest BCUT2D eigenvalue weighted by atomic mass is 10.3. The molecule has 1 aromatic rings. The van der Waals surface area contributed by atoms with E-state index in [9.17, 15) is 0 Å². The summed E-state index contributed by atoms with van der Waals surface area (Å²) in [6.45, 7) is 0.613. The molecule has 0 aliphatic carbocycles. The summed E-state index contributed by atoms with van der Waals surface area (Å²) in [4.78, 5) is 1.97. The van der Waals surface area contributed by atoms with E-state index in [0.717, 1.165) is 10.2 Å². The largest absolute Gasteiger partial charge is 0.478 e. The maximum Gasteiger partial charge on any atom is 0.141 e. The Morgan fingerprint density at radius 2 is 1.83 bits per heavy atom. The molecule has 0 unspecified atom stereocenters. The van der Waals surface area contributed by atoms with Crippen LogP contribution in [0, 0.1) is 0 Å². The molecule has 0 fully saturated rings. The number of hydrogen-bond donors (Lipinski definition) is 0. The molecule has 3 heteroatoms. The van der Waals surface area contributed by atoms with E-state index in [-0.39, 0.29) is 0 Å². The lowest BCUT2D eigenvalue weighted by molar-refractivity contribution is 0.179. The van der Waals surface area contributed by atoms with E-state index in [1.807, 2.05) is 43.3 Å². The molecule has 0 N–H and O–H groups in total. The molecule has 0 aromatic heterocycles. The molecule has 0 bridgehead atoms. The molecule has 1 rings (SSSR count). The van der Waals surface area contributed by atoms with Gasteiger partial charge in [-0.1, -0.05) is 15.9 Å². The Hall–Kier alpha value is -0.540. The number of halogens is 1. The second kappa shape index (κ2) is 4.48. The van der Waals surface area contributed by atoms with E-state index in [1.165, 1.54) is 0 Å². The van der Waals surface area contributed by atoms with Crippen LogP contribution in [0.2, 0.25) is 0 Å². The predicted octanol–water partition coefficient (Wildman–Crippen LogP) is 2.35. The van der Waals surface area contributed by atoms with Gasteiger partial charge in [-0.15, -0.1) is 0 Å². The topological polar surface area (TPSA) is 12.5 Å². The first-order valence-electron chi connectivity index (χ1n) is 3.71. The molecule has 2 nitrogen and oxygen atoms in total. The van der Waals surface area contributed by atoms with Crippen molar-refractivity contribution >= 4 is 15.9 Å². The summed E-state index contributed by atoms with van der Waals surface area (Å²) >= 11 is 3.36. The number of rotatable bonds is 3. The van der Waals surface area contributed by atoms with Crippen molar-refractivity contribution in [3.63, 3.8) is 0 Å². The van der Waals surface area contributed by atoms with Gasteiger partial charge >= 0.3 is 0 Å². The Kier molecular flexibility index (Phi) is 3.56. The molecule has 0 aliphatic heterocycles. The van der Waals surface area contributed by atoms with Crippen molar-refractivity contribution in [3.8, 4) is 5.75 Å². The summed E-state index contributed by atoms with van der Waals surface area (Å²) in [5.41, 5.74) is 0. The molecule has 0 atom stereocenters. The van der Waals surface area contributed by atoms with Crippen LogP contribution < -0.4 is 4.74 Å². The van der Waals surface area contributed by atoms with E-state index < -0.39 is 0 Å². The molecule has 0 saturated carbocycles. The lowest BCUT2D eigenvalue weighted by Gasteiger charge is -2.11. The second-order valence-corrected chi connectivity index (χ2v) is 3.72. The summed E-state index contributed by atoms with van der Waals surface area (Å²) < 4.78 is 6.50. The van der Waals surface area contributed by atoms with E-state index in [2.05, 4.69) is 15.9 Å². The van der Waals surface area contributed by atoms with Crippen molar-refractivity contribution in [1.82, 2.24) is 4.90 Å². The molecular weight excluding hydrogens is 218 g/mol. The Balaban J connectivity index is 2.48. The summed E-state index contributed by atoms with van der Waals surface area (Å²) in [5, 5.41) is 0. The van der Waals surface area contributed by atoms with Crippen LogP contribution in [0.3, 0.4) is 0 Å². The van der Waals surface area contributed by atoms with Crippen molar-refractivity contribution in [1.29, 1.82) is 0 Å². The first-order valence-corrected chi connectivity index (χ1v) is 4.51. The molecule has 0 heterocycles. The molecule has 0 saturated heterocycles. The minimum absolute atomic E-state index is 0.613. The fourth-order valence-electron chi connectivity index (χ4n) is 0.734. The van der Waals surface area contributed by atoms with Gasteiger partial charge in [0.25, 0.3) is 0 Å². The zero-order chi connectivity index (χ0) is 8.97. The maximum absolute atomic E-state index is 5.43. The van der Waals surface area contributed by atoms with Crippen LogP contribution in [0.25, 0.3) is 0 Å². The Bertz CT molecular complexity index is 233. The summed E-state index contributed by atoms with van der Waals surface area (Å²) in [6, 6.07) is 7.80.